The van der Waals surface area contributed by atoms with E-state index in [2.05, 4.69) is 247 Å². The fourth-order valence-corrected chi connectivity index (χ4v) is 11.6. The summed E-state index contributed by atoms with van der Waals surface area (Å²) in [4.78, 5) is 0. The Morgan fingerprint density at radius 1 is 0.338 bits per heavy atom. The van der Waals surface area contributed by atoms with Crippen LogP contribution >= 0.6 is 0 Å². The zero-order valence-electron chi connectivity index (χ0n) is 36.0. The van der Waals surface area contributed by atoms with Crippen molar-refractivity contribution in [3.05, 3.63) is 282 Å². The summed E-state index contributed by atoms with van der Waals surface area (Å²) in [7, 11) is 0. The van der Waals surface area contributed by atoms with Crippen LogP contribution in [0.25, 0.3) is 72.0 Å². The second-order valence-corrected chi connectivity index (χ2v) is 17.9. The van der Waals surface area contributed by atoms with Crippen molar-refractivity contribution < 1.29 is 0 Å². The van der Waals surface area contributed by atoms with Gasteiger partial charge in [-0.3, -0.25) is 0 Å². The number of hydrogen-bond donors (Lipinski definition) is 0. The molecule has 2 aliphatic rings. The lowest BCUT2D eigenvalue weighted by Crippen LogP contribution is -2.26. The van der Waals surface area contributed by atoms with Gasteiger partial charge in [0.25, 0.3) is 0 Å². The average Bonchev–Trinajstić information content (AvgIpc) is 3.99. The molecule has 0 amide bonds. The van der Waals surface area contributed by atoms with Crippen molar-refractivity contribution in [1.29, 1.82) is 0 Å². The van der Waals surface area contributed by atoms with Crippen LogP contribution in [0.2, 0.25) is 0 Å². The predicted octanol–water partition coefficient (Wildman–Crippen LogP) is 16.2. The molecule has 13 rings (SSSR count). The molecule has 0 radical (unpaired) electrons. The van der Waals surface area contributed by atoms with E-state index in [-0.39, 0.29) is 11.3 Å². The van der Waals surface area contributed by atoms with Gasteiger partial charge in [-0.2, -0.15) is 0 Å². The van der Waals surface area contributed by atoms with E-state index in [1.807, 2.05) is 0 Å². The van der Waals surface area contributed by atoms with E-state index in [4.69, 9.17) is 0 Å². The topological polar surface area (TPSA) is 4.93 Å². The van der Waals surface area contributed by atoms with E-state index in [1.165, 1.54) is 111 Å². The molecule has 0 bridgehead atoms. The Morgan fingerprint density at radius 3 is 1.45 bits per heavy atom. The summed E-state index contributed by atoms with van der Waals surface area (Å²) in [5, 5.41) is 2.59. The van der Waals surface area contributed by atoms with Gasteiger partial charge in [0.15, 0.2) is 0 Å². The molecule has 0 fully saturated rings. The summed E-state index contributed by atoms with van der Waals surface area (Å²) in [6.07, 6.45) is 1.92. The summed E-state index contributed by atoms with van der Waals surface area (Å²) < 4.78 is 2.41. The van der Waals surface area contributed by atoms with Crippen LogP contribution in [-0.4, -0.2) is 4.57 Å². The number of rotatable bonds is 8. The second kappa shape index (κ2) is 15.1. The minimum Gasteiger partial charge on any atom is -0.309 e. The van der Waals surface area contributed by atoms with E-state index in [1.54, 1.807) is 0 Å². The Kier molecular flexibility index (Phi) is 8.71. The van der Waals surface area contributed by atoms with Gasteiger partial charge in [-0.25, -0.2) is 0 Å². The van der Waals surface area contributed by atoms with Gasteiger partial charge >= 0.3 is 0 Å². The SMILES string of the molecule is c1ccc(-c2ccc(-c3ccc(C(CCc4ccc5c(c4)c4ccccc4n5-c4ccccc4)c4ccc5c(c4)C4(c6ccccc6-c6ccccc64)c4ccccc4-5)cc3)cc2)cc1. The maximum atomic E-state index is 2.59. The monoisotopic (exact) mass is 827 g/mol. The van der Waals surface area contributed by atoms with E-state index in [0.29, 0.717) is 0 Å². The Morgan fingerprint density at radius 2 is 0.815 bits per heavy atom. The van der Waals surface area contributed by atoms with Crippen molar-refractivity contribution in [2.24, 2.45) is 0 Å². The summed E-state index contributed by atoms with van der Waals surface area (Å²) in [6.45, 7) is 0. The molecular formula is C64H45N. The van der Waals surface area contributed by atoms with E-state index in [0.717, 1.165) is 12.8 Å². The van der Waals surface area contributed by atoms with Crippen molar-refractivity contribution in [2.45, 2.75) is 24.2 Å². The molecule has 1 unspecified atom stereocenters. The van der Waals surface area contributed by atoms with Gasteiger partial charge in [-0.15, -0.1) is 0 Å². The standard InChI is InChI=1S/C64H45N/c1-3-15-44(16-4-1)45-29-31-46(32-30-45)47-33-35-48(36-34-47)51(38-27-43-28-40-63-57(41-43)56-22-10-14-26-62(56)65(63)50-17-5-2-6-18-50)49-37-39-55-54-21-9-13-25-60(54)64(61(55)42-49)58-23-11-7-19-52(58)53-20-8-12-24-59(53)64/h1-26,28-37,39-42,51H,27,38H2. The molecular weight excluding hydrogens is 783 g/mol. The predicted molar refractivity (Wildman–Crippen MR) is 271 cm³/mol. The maximum absolute atomic E-state index is 2.59. The number of aryl methyl sites for hydroxylation is 1. The van der Waals surface area contributed by atoms with Gasteiger partial charge in [0, 0.05) is 22.4 Å². The molecule has 1 atom stereocenters. The lowest BCUT2D eigenvalue weighted by molar-refractivity contribution is 0.711. The first-order chi connectivity index (χ1) is 32.2. The van der Waals surface area contributed by atoms with Gasteiger partial charge in [0.05, 0.1) is 16.4 Å². The van der Waals surface area contributed by atoms with Gasteiger partial charge in [-0.05, 0) is 127 Å². The Balaban J connectivity index is 0.929. The smallest absolute Gasteiger partial charge is 0.0725 e. The van der Waals surface area contributed by atoms with Gasteiger partial charge in [0.2, 0.25) is 0 Å². The molecule has 0 aliphatic heterocycles. The fraction of sp³-hybridized carbons (Fsp3) is 0.0625. The number of nitrogens with zero attached hydrogens (tertiary/aromatic N) is 1. The molecule has 65 heavy (non-hydrogen) atoms. The molecule has 1 heterocycles. The molecule has 0 saturated heterocycles. The van der Waals surface area contributed by atoms with Crippen LogP contribution in [0.3, 0.4) is 0 Å². The minimum atomic E-state index is -0.382. The average molecular weight is 828 g/mol. The summed E-state index contributed by atoms with van der Waals surface area (Å²) in [6, 6.07) is 90.7. The van der Waals surface area contributed by atoms with E-state index in [9.17, 15) is 0 Å². The van der Waals surface area contributed by atoms with Crippen molar-refractivity contribution in [3.63, 3.8) is 0 Å². The van der Waals surface area contributed by atoms with Crippen molar-refractivity contribution >= 4 is 21.8 Å². The molecule has 0 N–H and O–H groups in total. The van der Waals surface area contributed by atoms with Crippen LogP contribution in [0.5, 0.6) is 0 Å². The number of benzene rings is 10. The third kappa shape index (κ3) is 5.86. The second-order valence-electron chi connectivity index (χ2n) is 17.9. The highest BCUT2D eigenvalue weighted by Crippen LogP contribution is 2.63. The zero-order chi connectivity index (χ0) is 42.9. The first kappa shape index (κ1) is 37.5. The third-order valence-electron chi connectivity index (χ3n) is 14.5. The van der Waals surface area contributed by atoms with Crippen molar-refractivity contribution in [1.82, 2.24) is 4.57 Å². The van der Waals surface area contributed by atoms with E-state index >= 15 is 0 Å². The Bertz CT molecular complexity index is 3510. The first-order valence-electron chi connectivity index (χ1n) is 23.0. The van der Waals surface area contributed by atoms with Crippen LogP contribution < -0.4 is 0 Å². The quantitative estimate of drug-likeness (QED) is 0.144. The summed E-state index contributed by atoms with van der Waals surface area (Å²) in [5.41, 5.74) is 23.2. The number of para-hydroxylation sites is 2. The largest absolute Gasteiger partial charge is 0.309 e. The maximum Gasteiger partial charge on any atom is 0.0725 e. The van der Waals surface area contributed by atoms with Gasteiger partial charge < -0.3 is 4.57 Å². The lowest BCUT2D eigenvalue weighted by atomic mass is 9.70. The first-order valence-corrected chi connectivity index (χ1v) is 23.0. The lowest BCUT2D eigenvalue weighted by Gasteiger charge is -2.31. The number of hydrogen-bond acceptors (Lipinski definition) is 0. The number of fused-ring (bicyclic) bond motifs is 13. The highest BCUT2D eigenvalue weighted by molar-refractivity contribution is 6.09. The molecule has 0 saturated carbocycles. The minimum absolute atomic E-state index is 0.170. The molecule has 1 aromatic heterocycles. The number of aromatic nitrogens is 1. The van der Waals surface area contributed by atoms with Crippen LogP contribution in [-0.2, 0) is 11.8 Å². The van der Waals surface area contributed by atoms with E-state index < -0.39 is 0 Å². The molecule has 11 aromatic rings. The summed E-state index contributed by atoms with van der Waals surface area (Å²) >= 11 is 0. The van der Waals surface area contributed by atoms with Crippen molar-refractivity contribution in [3.8, 4) is 50.2 Å². The normalized spacial score (nSPS) is 13.4. The van der Waals surface area contributed by atoms with Gasteiger partial charge in [-0.1, -0.05) is 212 Å². The van der Waals surface area contributed by atoms with Crippen LogP contribution in [0.4, 0.5) is 0 Å². The molecule has 10 aromatic carbocycles. The van der Waals surface area contributed by atoms with Crippen LogP contribution in [0, 0.1) is 0 Å². The molecule has 306 valence electrons. The molecule has 1 spiro atoms. The highest BCUT2D eigenvalue weighted by atomic mass is 15.0. The summed E-state index contributed by atoms with van der Waals surface area (Å²) in [5.74, 6) is 0.170. The highest BCUT2D eigenvalue weighted by Gasteiger charge is 2.51. The fourth-order valence-electron chi connectivity index (χ4n) is 11.6. The Labute approximate surface area is 380 Å². The Hall–Kier alpha value is -8.00. The zero-order valence-corrected chi connectivity index (χ0v) is 36.0. The van der Waals surface area contributed by atoms with Gasteiger partial charge in [0.1, 0.15) is 0 Å². The molecule has 1 heteroatoms. The van der Waals surface area contributed by atoms with Crippen molar-refractivity contribution in [2.75, 3.05) is 0 Å². The third-order valence-corrected chi connectivity index (χ3v) is 14.5. The molecule has 2 aliphatic carbocycles. The molecule has 1 nitrogen and oxygen atoms in total. The van der Waals surface area contributed by atoms with Crippen LogP contribution in [0.1, 0.15) is 51.3 Å². The van der Waals surface area contributed by atoms with Crippen LogP contribution in [0.15, 0.2) is 243 Å².